The van der Waals surface area contributed by atoms with E-state index < -0.39 is 18.0 Å². The second-order valence-corrected chi connectivity index (χ2v) is 11.2. The summed E-state index contributed by atoms with van der Waals surface area (Å²) < 4.78 is 19.2. The number of hydrogen-bond donors (Lipinski definition) is 0. The van der Waals surface area contributed by atoms with Crippen LogP contribution < -0.4 is 24.4 Å². The van der Waals surface area contributed by atoms with Gasteiger partial charge in [-0.1, -0.05) is 59.9 Å². The molecule has 1 aromatic heterocycles. The standard InChI is InChI=1S/C31H25IN2O6S/c1-4-39-30(37)26-18(2)33-31-34(27(26)20-10-6-5-7-11-20)28(35)25(41-31)17-19-14-15-23(24(16-19)38-3)40-29(36)21-12-8-9-13-22(21)32/h5-17,27H,4H2,1-3H3/b25-17-/t27-/m0/s1. The van der Waals surface area contributed by atoms with E-state index in [1.807, 2.05) is 42.5 Å². The van der Waals surface area contributed by atoms with Crippen LogP contribution in [0.2, 0.25) is 0 Å². The van der Waals surface area contributed by atoms with E-state index in [4.69, 9.17) is 14.2 Å². The van der Waals surface area contributed by atoms with Gasteiger partial charge >= 0.3 is 11.9 Å². The molecule has 0 aliphatic carbocycles. The van der Waals surface area contributed by atoms with Gasteiger partial charge in [-0.3, -0.25) is 9.36 Å². The second kappa shape index (κ2) is 12.2. The number of carbonyl (C=O) groups excluding carboxylic acids is 2. The van der Waals surface area contributed by atoms with Crippen LogP contribution in [0.15, 0.2) is 93.9 Å². The number of carbonyl (C=O) groups is 2. The smallest absolute Gasteiger partial charge is 0.344 e. The molecule has 3 aromatic carbocycles. The van der Waals surface area contributed by atoms with Crippen LogP contribution in [0, 0.1) is 3.57 Å². The fourth-order valence-corrected chi connectivity index (χ4v) is 6.19. The first kappa shape index (κ1) is 28.5. The van der Waals surface area contributed by atoms with Crippen molar-refractivity contribution in [3.8, 4) is 11.5 Å². The van der Waals surface area contributed by atoms with E-state index in [0.717, 1.165) is 9.13 Å². The maximum absolute atomic E-state index is 13.8. The summed E-state index contributed by atoms with van der Waals surface area (Å²) in [7, 11) is 1.48. The van der Waals surface area contributed by atoms with Crippen molar-refractivity contribution in [3.63, 3.8) is 0 Å². The Morgan fingerprint density at radius 3 is 2.46 bits per heavy atom. The number of allylic oxidation sites excluding steroid dienone is 1. The van der Waals surface area contributed by atoms with Crippen molar-refractivity contribution in [2.45, 2.75) is 19.9 Å². The van der Waals surface area contributed by atoms with Gasteiger partial charge in [0.05, 0.1) is 41.1 Å². The lowest BCUT2D eigenvalue weighted by atomic mass is 9.96. The Kier molecular flexibility index (Phi) is 8.50. The fourth-order valence-electron chi connectivity index (χ4n) is 4.53. The molecule has 1 atom stereocenters. The van der Waals surface area contributed by atoms with Crippen molar-refractivity contribution in [1.82, 2.24) is 4.57 Å². The van der Waals surface area contributed by atoms with Gasteiger partial charge in [-0.05, 0) is 77.9 Å². The van der Waals surface area contributed by atoms with Gasteiger partial charge < -0.3 is 14.2 Å². The Morgan fingerprint density at radius 1 is 1.02 bits per heavy atom. The van der Waals surface area contributed by atoms with Crippen LogP contribution in [0.3, 0.4) is 0 Å². The highest BCUT2D eigenvalue weighted by Gasteiger charge is 2.33. The molecular formula is C31H25IN2O6S. The number of hydrogen-bond acceptors (Lipinski definition) is 8. The van der Waals surface area contributed by atoms with E-state index >= 15 is 0 Å². The zero-order valence-electron chi connectivity index (χ0n) is 22.4. The predicted molar refractivity (Wildman–Crippen MR) is 164 cm³/mol. The van der Waals surface area contributed by atoms with Gasteiger partial charge in [0.2, 0.25) is 0 Å². The Bertz CT molecular complexity index is 1860. The Labute approximate surface area is 253 Å². The molecule has 0 radical (unpaired) electrons. The molecule has 8 nitrogen and oxygen atoms in total. The number of thiazole rings is 1. The lowest BCUT2D eigenvalue weighted by Gasteiger charge is -2.24. The largest absolute Gasteiger partial charge is 0.493 e. The summed E-state index contributed by atoms with van der Waals surface area (Å²) in [5.41, 5.74) is 2.44. The van der Waals surface area contributed by atoms with Gasteiger partial charge in [-0.15, -0.1) is 0 Å². The minimum absolute atomic E-state index is 0.208. The van der Waals surface area contributed by atoms with E-state index in [1.54, 1.807) is 54.8 Å². The molecule has 1 aliphatic heterocycles. The van der Waals surface area contributed by atoms with Crippen molar-refractivity contribution in [3.05, 3.63) is 124 Å². The zero-order chi connectivity index (χ0) is 29.1. The Morgan fingerprint density at radius 2 is 1.76 bits per heavy atom. The molecule has 0 bridgehead atoms. The van der Waals surface area contributed by atoms with Crippen LogP contribution >= 0.6 is 33.9 Å². The number of rotatable bonds is 7. The number of benzene rings is 3. The lowest BCUT2D eigenvalue weighted by Crippen LogP contribution is -2.39. The summed E-state index contributed by atoms with van der Waals surface area (Å²) >= 11 is 3.31. The summed E-state index contributed by atoms with van der Waals surface area (Å²) in [6.45, 7) is 3.70. The Hall–Kier alpha value is -4.03. The number of aromatic nitrogens is 1. The molecule has 5 rings (SSSR count). The monoisotopic (exact) mass is 680 g/mol. The highest BCUT2D eigenvalue weighted by atomic mass is 127. The van der Waals surface area contributed by atoms with Gasteiger partial charge in [0.1, 0.15) is 0 Å². The number of methoxy groups -OCH3 is 1. The molecule has 0 spiro atoms. The number of ether oxygens (including phenoxy) is 3. The second-order valence-electron chi connectivity index (χ2n) is 8.99. The first-order valence-electron chi connectivity index (χ1n) is 12.7. The molecule has 41 heavy (non-hydrogen) atoms. The molecule has 208 valence electrons. The third-order valence-electron chi connectivity index (χ3n) is 6.41. The van der Waals surface area contributed by atoms with Crippen LogP contribution in [-0.2, 0) is 9.53 Å². The van der Waals surface area contributed by atoms with E-state index in [1.165, 1.54) is 18.4 Å². The van der Waals surface area contributed by atoms with Crippen molar-refractivity contribution >= 4 is 51.9 Å². The summed E-state index contributed by atoms with van der Waals surface area (Å²) in [6, 6.07) is 20.9. The maximum atomic E-state index is 13.8. The molecule has 0 saturated carbocycles. The molecule has 1 aliphatic rings. The summed E-state index contributed by atoms with van der Waals surface area (Å²) in [5.74, 6) is -0.400. The first-order chi connectivity index (χ1) is 19.8. The predicted octanol–water partition coefficient (Wildman–Crippen LogP) is 4.63. The summed E-state index contributed by atoms with van der Waals surface area (Å²) in [4.78, 5) is 44.6. The molecule has 0 amide bonds. The molecule has 2 heterocycles. The molecular weight excluding hydrogens is 655 g/mol. The minimum atomic E-state index is -0.675. The number of esters is 2. The van der Waals surface area contributed by atoms with Crippen LogP contribution in [0.5, 0.6) is 11.5 Å². The normalized spacial score (nSPS) is 14.7. The number of halogens is 1. The number of fused-ring (bicyclic) bond motifs is 1. The van der Waals surface area contributed by atoms with Gasteiger partial charge in [0.15, 0.2) is 16.3 Å². The molecule has 0 N–H and O–H groups in total. The molecule has 4 aromatic rings. The molecule has 0 fully saturated rings. The van der Waals surface area contributed by atoms with E-state index in [2.05, 4.69) is 27.6 Å². The average molecular weight is 681 g/mol. The van der Waals surface area contributed by atoms with Crippen LogP contribution in [0.4, 0.5) is 0 Å². The summed E-state index contributed by atoms with van der Waals surface area (Å²) in [6.07, 6.45) is 1.73. The van der Waals surface area contributed by atoms with Crippen molar-refractivity contribution < 1.29 is 23.8 Å². The van der Waals surface area contributed by atoms with Gasteiger partial charge in [-0.25, -0.2) is 14.6 Å². The van der Waals surface area contributed by atoms with Crippen LogP contribution in [0.1, 0.15) is 41.4 Å². The molecule has 0 saturated heterocycles. The number of nitrogens with zero attached hydrogens (tertiary/aromatic N) is 2. The van der Waals surface area contributed by atoms with Crippen LogP contribution in [-0.4, -0.2) is 30.2 Å². The van der Waals surface area contributed by atoms with Crippen molar-refractivity contribution in [1.29, 1.82) is 0 Å². The third-order valence-corrected chi connectivity index (χ3v) is 8.34. The SMILES string of the molecule is CCOC(=O)C1=C(C)N=c2s/c(=C\c3ccc(OC(=O)c4ccccc4I)c(OC)c3)c(=O)n2[C@H]1c1ccccc1. The molecule has 10 heteroatoms. The highest BCUT2D eigenvalue weighted by molar-refractivity contribution is 14.1. The Balaban J connectivity index is 1.55. The first-order valence-corrected chi connectivity index (χ1v) is 14.6. The van der Waals surface area contributed by atoms with E-state index in [0.29, 0.717) is 37.5 Å². The molecule has 0 unspecified atom stereocenters. The van der Waals surface area contributed by atoms with Crippen molar-refractivity contribution in [2.75, 3.05) is 13.7 Å². The van der Waals surface area contributed by atoms with E-state index in [9.17, 15) is 14.4 Å². The van der Waals surface area contributed by atoms with Crippen LogP contribution in [0.25, 0.3) is 6.08 Å². The fraction of sp³-hybridized carbons (Fsp3) is 0.161. The highest BCUT2D eigenvalue weighted by Crippen LogP contribution is 2.31. The quantitative estimate of drug-likeness (QED) is 0.161. The van der Waals surface area contributed by atoms with E-state index in [-0.39, 0.29) is 17.9 Å². The minimum Gasteiger partial charge on any atom is -0.493 e. The maximum Gasteiger partial charge on any atom is 0.344 e. The van der Waals surface area contributed by atoms with Gasteiger partial charge in [0.25, 0.3) is 5.56 Å². The van der Waals surface area contributed by atoms with Gasteiger partial charge in [0, 0.05) is 3.57 Å². The third kappa shape index (κ3) is 5.75. The lowest BCUT2D eigenvalue weighted by molar-refractivity contribution is -0.139. The van der Waals surface area contributed by atoms with Crippen molar-refractivity contribution in [2.24, 2.45) is 4.99 Å². The average Bonchev–Trinajstić information content (AvgIpc) is 3.27. The zero-order valence-corrected chi connectivity index (χ0v) is 25.4. The summed E-state index contributed by atoms with van der Waals surface area (Å²) in [5, 5.41) is 0. The topological polar surface area (TPSA) is 96.2 Å². The van der Waals surface area contributed by atoms with Gasteiger partial charge in [-0.2, -0.15) is 0 Å².